The molecular formula is C29H31FN4O4. The number of rotatable bonds is 4. The molecule has 0 spiro atoms. The molecule has 8 nitrogen and oxygen atoms in total. The molecule has 1 aromatic heterocycles. The predicted molar refractivity (Wildman–Crippen MR) is 142 cm³/mol. The van der Waals surface area contributed by atoms with Gasteiger partial charge in [-0.2, -0.15) is 0 Å². The van der Waals surface area contributed by atoms with Crippen molar-refractivity contribution < 1.29 is 23.5 Å². The Bertz CT molecular complexity index is 1340. The Labute approximate surface area is 221 Å². The molecule has 2 aliphatic heterocycles. The number of piperidine rings is 1. The molecule has 2 N–H and O–H groups in total. The molecule has 3 aromatic rings. The standard InChI is InChI=1S/C29H31FN4O4/c1-29(2,3)38-28(36)33-16-4-5-20(17-33)34-23-14-15-32-26(31)25(23)24(27(34)35)18-6-10-21(11-7-18)37-22-12-8-19(30)9-13-22/h6-15,20,24H,4-5,16-17H2,1-3H3,(H2,31,32)/t20-,24?/m1/s1. The number of nitrogens with zero attached hydrogens (tertiary/aromatic N) is 3. The van der Waals surface area contributed by atoms with Gasteiger partial charge < -0.3 is 25.0 Å². The van der Waals surface area contributed by atoms with Gasteiger partial charge in [-0.15, -0.1) is 0 Å². The first-order chi connectivity index (χ1) is 18.1. The molecule has 2 atom stereocenters. The monoisotopic (exact) mass is 518 g/mol. The Hall–Kier alpha value is -4.14. The number of ether oxygens (including phenoxy) is 2. The van der Waals surface area contributed by atoms with Gasteiger partial charge in [0.25, 0.3) is 0 Å². The van der Waals surface area contributed by atoms with Crippen molar-refractivity contribution >= 4 is 23.5 Å². The lowest BCUT2D eigenvalue weighted by Crippen LogP contribution is -2.52. The van der Waals surface area contributed by atoms with Crippen molar-refractivity contribution in [2.75, 3.05) is 23.7 Å². The number of aromatic nitrogens is 1. The lowest BCUT2D eigenvalue weighted by Gasteiger charge is -2.38. The zero-order chi connectivity index (χ0) is 27.0. The Morgan fingerprint density at radius 2 is 1.71 bits per heavy atom. The number of halogens is 1. The van der Waals surface area contributed by atoms with Gasteiger partial charge in [-0.25, -0.2) is 14.2 Å². The maximum absolute atomic E-state index is 14.0. The minimum Gasteiger partial charge on any atom is -0.457 e. The van der Waals surface area contributed by atoms with Gasteiger partial charge in [0.2, 0.25) is 5.91 Å². The van der Waals surface area contributed by atoms with E-state index in [0.717, 1.165) is 24.1 Å². The largest absolute Gasteiger partial charge is 0.457 e. The van der Waals surface area contributed by atoms with Crippen molar-refractivity contribution in [3.8, 4) is 11.5 Å². The molecule has 1 saturated heterocycles. The molecule has 2 amide bonds. The van der Waals surface area contributed by atoms with Crippen molar-refractivity contribution in [2.45, 2.75) is 51.2 Å². The molecule has 3 heterocycles. The highest BCUT2D eigenvalue weighted by molar-refractivity contribution is 6.08. The van der Waals surface area contributed by atoms with Gasteiger partial charge in [0.05, 0.1) is 17.6 Å². The maximum Gasteiger partial charge on any atom is 0.410 e. The number of anilines is 2. The zero-order valence-corrected chi connectivity index (χ0v) is 21.7. The summed E-state index contributed by atoms with van der Waals surface area (Å²) in [6.07, 6.45) is 2.73. The summed E-state index contributed by atoms with van der Waals surface area (Å²) >= 11 is 0. The first-order valence-electron chi connectivity index (χ1n) is 12.7. The molecule has 0 radical (unpaired) electrons. The van der Waals surface area contributed by atoms with Crippen LogP contribution in [0.2, 0.25) is 0 Å². The Morgan fingerprint density at radius 1 is 1.05 bits per heavy atom. The van der Waals surface area contributed by atoms with Gasteiger partial charge in [0, 0.05) is 24.8 Å². The number of fused-ring (bicyclic) bond motifs is 1. The minimum atomic E-state index is -0.629. The number of hydrogen-bond acceptors (Lipinski definition) is 6. The molecule has 0 saturated carbocycles. The number of benzene rings is 2. The van der Waals surface area contributed by atoms with E-state index in [-0.39, 0.29) is 23.9 Å². The van der Waals surface area contributed by atoms with Crippen LogP contribution in [0.3, 0.4) is 0 Å². The van der Waals surface area contributed by atoms with Crippen LogP contribution in [0.4, 0.5) is 20.7 Å². The summed E-state index contributed by atoms with van der Waals surface area (Å²) in [5.74, 6) is 0.289. The third-order valence-corrected chi connectivity index (χ3v) is 6.71. The van der Waals surface area contributed by atoms with E-state index in [1.54, 1.807) is 40.3 Å². The van der Waals surface area contributed by atoms with E-state index in [0.29, 0.717) is 36.0 Å². The van der Waals surface area contributed by atoms with Crippen molar-refractivity contribution in [1.29, 1.82) is 0 Å². The predicted octanol–water partition coefficient (Wildman–Crippen LogP) is 5.47. The van der Waals surface area contributed by atoms with E-state index >= 15 is 0 Å². The van der Waals surface area contributed by atoms with Gasteiger partial charge >= 0.3 is 6.09 Å². The summed E-state index contributed by atoms with van der Waals surface area (Å²) in [6, 6.07) is 14.6. The lowest BCUT2D eigenvalue weighted by atomic mass is 9.93. The number of hydrogen-bond donors (Lipinski definition) is 1. The maximum atomic E-state index is 14.0. The summed E-state index contributed by atoms with van der Waals surface area (Å²) in [5.41, 5.74) is 7.85. The van der Waals surface area contributed by atoms with Gasteiger partial charge in [-0.05, 0) is 81.6 Å². The molecule has 198 valence electrons. The number of carbonyl (C=O) groups excluding carboxylic acids is 2. The van der Waals surface area contributed by atoms with Crippen LogP contribution in [-0.4, -0.2) is 46.6 Å². The van der Waals surface area contributed by atoms with E-state index in [2.05, 4.69) is 4.98 Å². The molecule has 0 bridgehead atoms. The van der Waals surface area contributed by atoms with Crippen LogP contribution in [0, 0.1) is 5.82 Å². The number of carbonyl (C=O) groups is 2. The Morgan fingerprint density at radius 3 is 2.37 bits per heavy atom. The molecule has 1 unspecified atom stereocenters. The van der Waals surface area contributed by atoms with E-state index in [1.807, 2.05) is 39.0 Å². The Balaban J connectivity index is 1.40. The van der Waals surface area contributed by atoms with Crippen LogP contribution in [0.5, 0.6) is 11.5 Å². The Kier molecular flexibility index (Phi) is 6.69. The van der Waals surface area contributed by atoms with Gasteiger partial charge in [0.1, 0.15) is 28.7 Å². The smallest absolute Gasteiger partial charge is 0.410 e. The van der Waals surface area contributed by atoms with Crippen molar-refractivity contribution in [3.05, 3.63) is 77.7 Å². The topological polar surface area (TPSA) is 98.0 Å². The summed E-state index contributed by atoms with van der Waals surface area (Å²) in [6.45, 7) is 6.46. The third kappa shape index (κ3) is 5.14. The highest BCUT2D eigenvalue weighted by atomic mass is 19.1. The number of amides is 2. The normalized spacial score (nSPS) is 19.3. The second-order valence-electron chi connectivity index (χ2n) is 10.6. The molecule has 1 fully saturated rings. The molecule has 2 aromatic carbocycles. The summed E-state index contributed by atoms with van der Waals surface area (Å²) in [5, 5.41) is 0. The van der Waals surface area contributed by atoms with Crippen LogP contribution >= 0.6 is 0 Å². The average molecular weight is 519 g/mol. The fourth-order valence-corrected chi connectivity index (χ4v) is 5.08. The second-order valence-corrected chi connectivity index (χ2v) is 10.6. The number of pyridine rings is 1. The fourth-order valence-electron chi connectivity index (χ4n) is 5.08. The first kappa shape index (κ1) is 25.5. The van der Waals surface area contributed by atoms with Crippen LogP contribution < -0.4 is 15.4 Å². The number of likely N-dealkylation sites (tertiary alicyclic amines) is 1. The average Bonchev–Trinajstić information content (AvgIpc) is 3.18. The van der Waals surface area contributed by atoms with Gasteiger partial charge in [-0.1, -0.05) is 12.1 Å². The van der Waals surface area contributed by atoms with Crippen LogP contribution in [-0.2, 0) is 9.53 Å². The number of nitrogens with two attached hydrogens (primary N) is 1. The van der Waals surface area contributed by atoms with E-state index in [9.17, 15) is 14.0 Å². The zero-order valence-electron chi connectivity index (χ0n) is 21.7. The first-order valence-corrected chi connectivity index (χ1v) is 12.7. The fraction of sp³-hybridized carbons (Fsp3) is 0.345. The van der Waals surface area contributed by atoms with Crippen LogP contribution in [0.1, 0.15) is 50.7 Å². The van der Waals surface area contributed by atoms with Crippen molar-refractivity contribution in [3.63, 3.8) is 0 Å². The number of nitrogen functional groups attached to an aromatic ring is 1. The van der Waals surface area contributed by atoms with Crippen molar-refractivity contribution in [1.82, 2.24) is 9.88 Å². The quantitative estimate of drug-likeness (QED) is 0.492. The summed E-state index contributed by atoms with van der Waals surface area (Å²) in [4.78, 5) is 34.4. The highest BCUT2D eigenvalue weighted by Gasteiger charge is 2.44. The van der Waals surface area contributed by atoms with Gasteiger partial charge in [-0.3, -0.25) is 4.79 Å². The second kappa shape index (κ2) is 9.96. The SMILES string of the molecule is CC(C)(C)OC(=O)N1CCC[C@@H](N2C(=O)C(c3ccc(Oc4ccc(F)cc4)cc3)c3c2ccnc3N)C1. The summed E-state index contributed by atoms with van der Waals surface area (Å²) < 4.78 is 24.6. The molecular weight excluding hydrogens is 487 g/mol. The van der Waals surface area contributed by atoms with Crippen LogP contribution in [0.25, 0.3) is 0 Å². The van der Waals surface area contributed by atoms with Crippen LogP contribution in [0.15, 0.2) is 60.8 Å². The molecule has 5 rings (SSSR count). The van der Waals surface area contributed by atoms with E-state index < -0.39 is 11.5 Å². The highest BCUT2D eigenvalue weighted by Crippen LogP contribution is 2.45. The summed E-state index contributed by atoms with van der Waals surface area (Å²) in [7, 11) is 0. The molecule has 38 heavy (non-hydrogen) atoms. The minimum absolute atomic E-state index is 0.108. The lowest BCUT2D eigenvalue weighted by molar-refractivity contribution is -0.119. The van der Waals surface area contributed by atoms with Crippen molar-refractivity contribution in [2.24, 2.45) is 0 Å². The van der Waals surface area contributed by atoms with E-state index in [1.165, 1.54) is 12.1 Å². The third-order valence-electron chi connectivity index (χ3n) is 6.71. The molecule has 9 heteroatoms. The van der Waals surface area contributed by atoms with E-state index in [4.69, 9.17) is 15.2 Å². The van der Waals surface area contributed by atoms with Gasteiger partial charge in [0.15, 0.2) is 0 Å². The molecule has 0 aliphatic carbocycles. The molecule has 2 aliphatic rings.